The molecule has 3 nitrogen and oxygen atoms in total. The number of carbonyl (C=O) groups is 1. The van der Waals surface area contributed by atoms with Crippen LogP contribution >= 0.6 is 0 Å². The van der Waals surface area contributed by atoms with E-state index < -0.39 is 5.97 Å². The quantitative estimate of drug-likeness (QED) is 0.627. The Bertz CT molecular complexity index is 167. The molecule has 2 unspecified atom stereocenters. The zero-order valence-electron chi connectivity index (χ0n) is 6.71. The predicted molar refractivity (Wildman–Crippen MR) is 40.2 cm³/mol. The van der Waals surface area contributed by atoms with Crippen LogP contribution < -0.4 is 0 Å². The van der Waals surface area contributed by atoms with Crippen molar-refractivity contribution in [2.75, 3.05) is 6.61 Å². The lowest BCUT2D eigenvalue weighted by molar-refractivity contribution is -0.141. The largest absolute Gasteiger partial charge is 0.481 e. The van der Waals surface area contributed by atoms with Gasteiger partial charge in [-0.05, 0) is 24.7 Å². The molecule has 1 fully saturated rings. The summed E-state index contributed by atoms with van der Waals surface area (Å²) in [6.45, 7) is 2.05. The molecule has 0 aromatic carbocycles. The van der Waals surface area contributed by atoms with Crippen molar-refractivity contribution in [2.24, 2.45) is 11.3 Å². The number of rotatable bonds is 2. The fourth-order valence-corrected chi connectivity index (χ4v) is 1.68. The molecule has 64 valence electrons. The van der Waals surface area contributed by atoms with Crippen LogP contribution in [0, 0.1) is 11.3 Å². The molecular formula is C8H14O3. The van der Waals surface area contributed by atoms with Gasteiger partial charge in [0.25, 0.3) is 0 Å². The Morgan fingerprint density at radius 1 is 1.73 bits per heavy atom. The second-order valence-electron chi connectivity index (χ2n) is 3.75. The highest BCUT2D eigenvalue weighted by Crippen LogP contribution is 2.40. The van der Waals surface area contributed by atoms with Gasteiger partial charge in [-0.15, -0.1) is 0 Å². The van der Waals surface area contributed by atoms with Crippen molar-refractivity contribution in [1.82, 2.24) is 0 Å². The zero-order chi connectivity index (χ0) is 8.48. The third-order valence-corrected chi connectivity index (χ3v) is 2.57. The van der Waals surface area contributed by atoms with Crippen LogP contribution in [0.15, 0.2) is 0 Å². The number of aliphatic carboxylic acids is 1. The highest BCUT2D eigenvalue weighted by Gasteiger charge is 2.37. The minimum atomic E-state index is -0.720. The maximum Gasteiger partial charge on any atom is 0.306 e. The van der Waals surface area contributed by atoms with Gasteiger partial charge in [0.1, 0.15) is 0 Å². The van der Waals surface area contributed by atoms with E-state index in [4.69, 9.17) is 10.2 Å². The first-order valence-electron chi connectivity index (χ1n) is 3.91. The lowest BCUT2D eigenvalue weighted by Gasteiger charge is -2.19. The molecule has 0 aliphatic heterocycles. The van der Waals surface area contributed by atoms with Gasteiger partial charge in [-0.3, -0.25) is 4.79 Å². The number of aliphatic hydroxyl groups excluding tert-OH is 1. The lowest BCUT2D eigenvalue weighted by atomic mass is 9.89. The van der Waals surface area contributed by atoms with E-state index in [1.54, 1.807) is 0 Å². The molecule has 0 spiro atoms. The molecule has 1 aliphatic carbocycles. The van der Waals surface area contributed by atoms with E-state index >= 15 is 0 Å². The Hall–Kier alpha value is -0.570. The normalized spacial score (nSPS) is 37.5. The molecule has 3 heteroatoms. The van der Waals surface area contributed by atoms with Crippen molar-refractivity contribution in [2.45, 2.75) is 26.2 Å². The van der Waals surface area contributed by atoms with Crippen molar-refractivity contribution < 1.29 is 15.0 Å². The number of carboxylic acids is 1. The van der Waals surface area contributed by atoms with E-state index in [-0.39, 0.29) is 17.9 Å². The third kappa shape index (κ3) is 1.71. The van der Waals surface area contributed by atoms with Crippen molar-refractivity contribution in [3.63, 3.8) is 0 Å². The molecule has 1 aliphatic rings. The third-order valence-electron chi connectivity index (χ3n) is 2.57. The summed E-state index contributed by atoms with van der Waals surface area (Å²) in [6.07, 6.45) is 2.17. The van der Waals surface area contributed by atoms with Gasteiger partial charge in [0.2, 0.25) is 0 Å². The number of hydrogen-bond acceptors (Lipinski definition) is 2. The van der Waals surface area contributed by atoms with E-state index in [1.165, 1.54) is 0 Å². The molecule has 0 aromatic rings. The summed E-state index contributed by atoms with van der Waals surface area (Å²) in [5.74, 6) is -0.950. The fraction of sp³-hybridized carbons (Fsp3) is 0.875. The van der Waals surface area contributed by atoms with Crippen LogP contribution in [0.5, 0.6) is 0 Å². The van der Waals surface area contributed by atoms with Crippen LogP contribution in [0.4, 0.5) is 0 Å². The number of carboxylic acid groups (broad SMARTS) is 1. The van der Waals surface area contributed by atoms with Crippen molar-refractivity contribution >= 4 is 5.97 Å². The Balaban J connectivity index is 2.53. The van der Waals surface area contributed by atoms with E-state index in [0.29, 0.717) is 12.8 Å². The molecule has 2 atom stereocenters. The molecular weight excluding hydrogens is 144 g/mol. The first-order valence-corrected chi connectivity index (χ1v) is 3.91. The van der Waals surface area contributed by atoms with E-state index in [0.717, 1.165) is 6.42 Å². The number of aliphatic hydroxyl groups is 1. The topological polar surface area (TPSA) is 57.5 Å². The average Bonchev–Trinajstić information content (AvgIpc) is 2.33. The van der Waals surface area contributed by atoms with Gasteiger partial charge in [0, 0.05) is 6.61 Å². The summed E-state index contributed by atoms with van der Waals surface area (Å²) in [4.78, 5) is 10.5. The molecule has 0 bridgehead atoms. The van der Waals surface area contributed by atoms with Gasteiger partial charge in [-0.25, -0.2) is 0 Å². The summed E-state index contributed by atoms with van der Waals surface area (Å²) in [6, 6.07) is 0. The molecule has 2 N–H and O–H groups in total. The Labute approximate surface area is 66.0 Å². The molecule has 0 aromatic heterocycles. The minimum Gasteiger partial charge on any atom is -0.481 e. The van der Waals surface area contributed by atoms with Gasteiger partial charge in [-0.1, -0.05) is 6.92 Å². The van der Waals surface area contributed by atoms with Crippen molar-refractivity contribution in [3.8, 4) is 0 Å². The summed E-state index contributed by atoms with van der Waals surface area (Å²) >= 11 is 0. The molecule has 1 saturated carbocycles. The van der Waals surface area contributed by atoms with Crippen LogP contribution in [0.1, 0.15) is 26.2 Å². The molecule has 1 rings (SSSR count). The predicted octanol–water partition coefficient (Wildman–Crippen LogP) is 0.870. The van der Waals surface area contributed by atoms with E-state index in [2.05, 4.69) is 0 Å². The molecule has 0 saturated heterocycles. The highest BCUT2D eigenvalue weighted by atomic mass is 16.4. The molecule has 11 heavy (non-hydrogen) atoms. The van der Waals surface area contributed by atoms with Gasteiger partial charge in [-0.2, -0.15) is 0 Å². The van der Waals surface area contributed by atoms with Crippen molar-refractivity contribution in [3.05, 3.63) is 0 Å². The van der Waals surface area contributed by atoms with E-state index in [1.807, 2.05) is 6.92 Å². The van der Waals surface area contributed by atoms with Gasteiger partial charge < -0.3 is 10.2 Å². The van der Waals surface area contributed by atoms with E-state index in [9.17, 15) is 4.79 Å². The fourth-order valence-electron chi connectivity index (χ4n) is 1.68. The van der Waals surface area contributed by atoms with Crippen molar-refractivity contribution in [1.29, 1.82) is 0 Å². The average molecular weight is 158 g/mol. The minimum absolute atomic E-state index is 0.108. The van der Waals surface area contributed by atoms with Crippen LogP contribution in [-0.2, 0) is 4.79 Å². The molecule has 0 radical (unpaired) electrons. The summed E-state index contributed by atoms with van der Waals surface area (Å²) < 4.78 is 0. The molecule has 0 amide bonds. The standard InChI is InChI=1S/C8H14O3/c1-8(5-9)3-2-6(4-8)7(10)11/h6,9H,2-5H2,1H3,(H,10,11). The maximum absolute atomic E-state index is 10.5. The summed E-state index contributed by atoms with van der Waals surface area (Å²) in [5, 5.41) is 17.6. The summed E-state index contributed by atoms with van der Waals surface area (Å²) in [7, 11) is 0. The second-order valence-corrected chi connectivity index (χ2v) is 3.75. The van der Waals surface area contributed by atoms with Gasteiger partial charge in [0.05, 0.1) is 5.92 Å². The van der Waals surface area contributed by atoms with Gasteiger partial charge in [0.15, 0.2) is 0 Å². The smallest absolute Gasteiger partial charge is 0.306 e. The SMILES string of the molecule is CC1(CO)CCC(C(=O)O)C1. The van der Waals surface area contributed by atoms with Crippen LogP contribution in [0.2, 0.25) is 0 Å². The Morgan fingerprint density at radius 2 is 2.36 bits per heavy atom. The van der Waals surface area contributed by atoms with Crippen LogP contribution in [0.25, 0.3) is 0 Å². The van der Waals surface area contributed by atoms with Crippen LogP contribution in [0.3, 0.4) is 0 Å². The van der Waals surface area contributed by atoms with Gasteiger partial charge >= 0.3 is 5.97 Å². The first kappa shape index (κ1) is 8.53. The summed E-state index contributed by atoms with van der Waals surface area (Å²) in [5.41, 5.74) is -0.136. The zero-order valence-corrected chi connectivity index (χ0v) is 6.71. The monoisotopic (exact) mass is 158 g/mol. The molecule has 0 heterocycles. The van der Waals surface area contributed by atoms with Crippen LogP contribution in [-0.4, -0.2) is 22.8 Å². The highest BCUT2D eigenvalue weighted by molar-refractivity contribution is 5.70. The first-order chi connectivity index (χ1) is 5.07. The second kappa shape index (κ2) is 2.81. The Kier molecular flexibility index (Phi) is 2.18. The Morgan fingerprint density at radius 3 is 2.64 bits per heavy atom. The lowest BCUT2D eigenvalue weighted by Crippen LogP contribution is -2.19. The maximum atomic E-state index is 10.5. The number of hydrogen-bond donors (Lipinski definition) is 2.